The number of nitrogens with zero attached hydrogens (tertiary/aromatic N) is 1. The first-order valence-electron chi connectivity index (χ1n) is 6.16. The van der Waals surface area contributed by atoms with Crippen LogP contribution in [0.25, 0.3) is 0 Å². The third kappa shape index (κ3) is 4.73. The van der Waals surface area contributed by atoms with Gasteiger partial charge in [0.25, 0.3) is 5.91 Å². The van der Waals surface area contributed by atoms with Crippen molar-refractivity contribution in [3.63, 3.8) is 0 Å². The molecule has 5 heteroatoms. The van der Waals surface area contributed by atoms with Crippen molar-refractivity contribution in [1.82, 2.24) is 4.90 Å². The molecular formula is C14H20ClNO3. The summed E-state index contributed by atoms with van der Waals surface area (Å²) >= 11 is 5.93. The molecule has 1 amide bonds. The second kappa shape index (κ2) is 7.36. The molecule has 0 heterocycles. The fraction of sp³-hybridized carbons (Fsp3) is 0.500. The molecule has 1 rings (SSSR count). The molecule has 0 spiro atoms. The lowest BCUT2D eigenvalue weighted by molar-refractivity contribution is 0.0532. The molecule has 0 aliphatic heterocycles. The zero-order chi connectivity index (χ0) is 14.4. The first-order chi connectivity index (χ1) is 8.95. The molecule has 0 unspecified atom stereocenters. The topological polar surface area (TPSA) is 38.8 Å². The molecule has 0 aliphatic carbocycles. The van der Waals surface area contributed by atoms with Crippen LogP contribution in [0.3, 0.4) is 0 Å². The Morgan fingerprint density at radius 1 is 1.42 bits per heavy atom. The van der Waals surface area contributed by atoms with Crippen LogP contribution in [0.2, 0.25) is 5.02 Å². The van der Waals surface area contributed by atoms with Gasteiger partial charge in [0.05, 0.1) is 24.8 Å². The van der Waals surface area contributed by atoms with Gasteiger partial charge in [0.15, 0.2) is 0 Å². The third-order valence-electron chi connectivity index (χ3n) is 2.62. The van der Waals surface area contributed by atoms with E-state index in [2.05, 4.69) is 0 Å². The second-order valence-corrected chi connectivity index (χ2v) is 4.90. The average Bonchev–Trinajstić information content (AvgIpc) is 2.38. The normalized spacial score (nSPS) is 10.6. The van der Waals surface area contributed by atoms with E-state index in [0.29, 0.717) is 29.5 Å². The second-order valence-electron chi connectivity index (χ2n) is 4.50. The van der Waals surface area contributed by atoms with Crippen LogP contribution in [-0.2, 0) is 4.74 Å². The molecule has 0 N–H and O–H groups in total. The minimum absolute atomic E-state index is 0.0812. The molecular weight excluding hydrogens is 266 g/mol. The van der Waals surface area contributed by atoms with Gasteiger partial charge in [-0.3, -0.25) is 4.79 Å². The SMILES string of the molecule is COc1cc(C(=O)N(C)CCOC(C)C)ccc1Cl. The number of benzene rings is 1. The van der Waals surface area contributed by atoms with Crippen LogP contribution < -0.4 is 4.74 Å². The van der Waals surface area contributed by atoms with Crippen LogP contribution in [0.4, 0.5) is 0 Å². The molecule has 1 aromatic carbocycles. The predicted molar refractivity (Wildman–Crippen MR) is 76.1 cm³/mol. The first kappa shape index (κ1) is 15.8. The van der Waals surface area contributed by atoms with E-state index < -0.39 is 0 Å². The monoisotopic (exact) mass is 285 g/mol. The zero-order valence-corrected chi connectivity index (χ0v) is 12.5. The number of likely N-dealkylation sites (N-methyl/N-ethyl adjacent to an activating group) is 1. The van der Waals surface area contributed by atoms with E-state index in [4.69, 9.17) is 21.1 Å². The fourth-order valence-corrected chi connectivity index (χ4v) is 1.73. The minimum Gasteiger partial charge on any atom is -0.495 e. The average molecular weight is 286 g/mol. The lowest BCUT2D eigenvalue weighted by Crippen LogP contribution is -2.30. The van der Waals surface area contributed by atoms with Gasteiger partial charge < -0.3 is 14.4 Å². The summed E-state index contributed by atoms with van der Waals surface area (Å²) in [4.78, 5) is 13.8. The van der Waals surface area contributed by atoms with Gasteiger partial charge in [0.2, 0.25) is 0 Å². The van der Waals surface area contributed by atoms with Crippen molar-refractivity contribution in [3.8, 4) is 5.75 Å². The van der Waals surface area contributed by atoms with Gasteiger partial charge in [0, 0.05) is 19.2 Å². The summed E-state index contributed by atoms with van der Waals surface area (Å²) in [7, 11) is 3.27. The highest BCUT2D eigenvalue weighted by molar-refractivity contribution is 6.32. The molecule has 0 aromatic heterocycles. The number of ether oxygens (including phenoxy) is 2. The highest BCUT2D eigenvalue weighted by atomic mass is 35.5. The number of hydrogen-bond acceptors (Lipinski definition) is 3. The van der Waals surface area contributed by atoms with Gasteiger partial charge in [-0.2, -0.15) is 0 Å². The van der Waals surface area contributed by atoms with Crippen LogP contribution in [0.1, 0.15) is 24.2 Å². The Bertz CT molecular complexity index is 435. The maximum Gasteiger partial charge on any atom is 0.253 e. The Hall–Kier alpha value is -1.26. The highest BCUT2D eigenvalue weighted by Crippen LogP contribution is 2.25. The van der Waals surface area contributed by atoms with Crippen LogP contribution in [0.5, 0.6) is 5.75 Å². The standard InChI is InChI=1S/C14H20ClNO3/c1-10(2)19-8-7-16(3)14(17)11-5-6-12(15)13(9-11)18-4/h5-6,9-10H,7-8H2,1-4H3. The molecule has 0 radical (unpaired) electrons. The van der Waals surface area contributed by atoms with Crippen LogP contribution in [-0.4, -0.2) is 44.2 Å². The van der Waals surface area contributed by atoms with Gasteiger partial charge in [-0.25, -0.2) is 0 Å². The molecule has 1 aromatic rings. The van der Waals surface area contributed by atoms with Crippen molar-refractivity contribution in [2.45, 2.75) is 20.0 Å². The van der Waals surface area contributed by atoms with Gasteiger partial charge >= 0.3 is 0 Å². The summed E-state index contributed by atoms with van der Waals surface area (Å²) in [5.74, 6) is 0.418. The number of rotatable bonds is 6. The molecule has 0 bridgehead atoms. The summed E-state index contributed by atoms with van der Waals surface area (Å²) < 4.78 is 10.5. The number of carbonyl (C=O) groups excluding carboxylic acids is 1. The van der Waals surface area contributed by atoms with Gasteiger partial charge in [0.1, 0.15) is 5.75 Å². The molecule has 0 atom stereocenters. The summed E-state index contributed by atoms with van der Waals surface area (Å²) in [6.07, 6.45) is 0.166. The molecule has 19 heavy (non-hydrogen) atoms. The molecule has 0 aliphatic rings. The van der Waals surface area contributed by atoms with E-state index in [9.17, 15) is 4.79 Å². The molecule has 106 valence electrons. The Balaban J connectivity index is 2.66. The maximum absolute atomic E-state index is 12.2. The predicted octanol–water partition coefficient (Wildman–Crippen LogP) is 2.85. The largest absolute Gasteiger partial charge is 0.495 e. The lowest BCUT2D eigenvalue weighted by Gasteiger charge is -2.18. The fourth-order valence-electron chi connectivity index (χ4n) is 1.54. The summed E-state index contributed by atoms with van der Waals surface area (Å²) in [5.41, 5.74) is 0.549. The Kier molecular flexibility index (Phi) is 6.12. The minimum atomic E-state index is -0.0812. The van der Waals surface area contributed by atoms with Crippen molar-refractivity contribution in [3.05, 3.63) is 28.8 Å². The zero-order valence-electron chi connectivity index (χ0n) is 11.8. The third-order valence-corrected chi connectivity index (χ3v) is 2.93. The highest BCUT2D eigenvalue weighted by Gasteiger charge is 2.13. The quantitative estimate of drug-likeness (QED) is 0.807. The Morgan fingerprint density at radius 2 is 2.11 bits per heavy atom. The molecule has 0 fully saturated rings. The summed E-state index contributed by atoms with van der Waals surface area (Å²) in [5, 5.41) is 0.491. The molecule has 0 saturated carbocycles. The lowest BCUT2D eigenvalue weighted by atomic mass is 10.2. The van der Waals surface area contributed by atoms with Crippen molar-refractivity contribution < 1.29 is 14.3 Å². The van der Waals surface area contributed by atoms with Crippen LogP contribution >= 0.6 is 11.6 Å². The van der Waals surface area contributed by atoms with Crippen molar-refractivity contribution in [2.75, 3.05) is 27.3 Å². The smallest absolute Gasteiger partial charge is 0.253 e. The Labute approximate surface area is 119 Å². The van der Waals surface area contributed by atoms with E-state index in [0.717, 1.165) is 0 Å². The van der Waals surface area contributed by atoms with E-state index >= 15 is 0 Å². The van der Waals surface area contributed by atoms with Crippen molar-refractivity contribution >= 4 is 17.5 Å². The first-order valence-corrected chi connectivity index (χ1v) is 6.54. The molecule has 4 nitrogen and oxygen atoms in total. The van der Waals surface area contributed by atoms with Crippen LogP contribution in [0.15, 0.2) is 18.2 Å². The van der Waals surface area contributed by atoms with E-state index in [1.54, 1.807) is 30.1 Å². The number of carbonyl (C=O) groups is 1. The van der Waals surface area contributed by atoms with Crippen molar-refractivity contribution in [1.29, 1.82) is 0 Å². The van der Waals surface area contributed by atoms with E-state index in [1.165, 1.54) is 7.11 Å². The van der Waals surface area contributed by atoms with Crippen molar-refractivity contribution in [2.24, 2.45) is 0 Å². The number of halogens is 1. The van der Waals surface area contributed by atoms with E-state index in [1.807, 2.05) is 13.8 Å². The summed E-state index contributed by atoms with van der Waals surface area (Å²) in [6, 6.07) is 4.99. The maximum atomic E-state index is 12.2. The number of amides is 1. The van der Waals surface area contributed by atoms with Crippen LogP contribution in [0, 0.1) is 0 Å². The Morgan fingerprint density at radius 3 is 2.68 bits per heavy atom. The molecule has 0 saturated heterocycles. The number of methoxy groups -OCH3 is 1. The summed E-state index contributed by atoms with van der Waals surface area (Å²) in [6.45, 7) is 4.99. The van der Waals surface area contributed by atoms with Gasteiger partial charge in [-0.1, -0.05) is 11.6 Å². The van der Waals surface area contributed by atoms with E-state index in [-0.39, 0.29) is 12.0 Å². The van der Waals surface area contributed by atoms with Gasteiger partial charge in [-0.15, -0.1) is 0 Å². The number of hydrogen-bond donors (Lipinski definition) is 0. The van der Waals surface area contributed by atoms with Gasteiger partial charge in [-0.05, 0) is 32.0 Å².